The molecule has 4 rings (SSSR count). The fraction of sp³-hybridized carbons (Fsp3) is 1.00. The van der Waals surface area contributed by atoms with Gasteiger partial charge in [-0.15, -0.1) is 0 Å². The predicted molar refractivity (Wildman–Crippen MR) is 162 cm³/mol. The van der Waals surface area contributed by atoms with Gasteiger partial charge in [-0.05, 0) is 6.92 Å². The van der Waals surface area contributed by atoms with Crippen LogP contribution in [-0.2, 0) is 37.9 Å². The Hall–Kier alpha value is -0.920. The lowest BCUT2D eigenvalue weighted by molar-refractivity contribution is -0.294. The van der Waals surface area contributed by atoms with Crippen molar-refractivity contribution < 1.29 is 114 Å². The van der Waals surface area contributed by atoms with Crippen molar-refractivity contribution in [1.82, 2.24) is 0 Å². The second-order valence-electron chi connectivity index (χ2n) is 11.7. The van der Waals surface area contributed by atoms with Gasteiger partial charge in [-0.2, -0.15) is 0 Å². The van der Waals surface area contributed by atoms with E-state index in [9.17, 15) is 61.3 Å². The van der Waals surface area contributed by atoms with Crippen LogP contribution in [0.1, 0.15) is 6.92 Å². The molecule has 4 heterocycles. The highest BCUT2D eigenvalue weighted by molar-refractivity contribution is 4.90. The van der Waals surface area contributed by atoms with Gasteiger partial charge in [0.15, 0.2) is 25.2 Å². The van der Waals surface area contributed by atoms with Crippen molar-refractivity contribution in [2.75, 3.05) is 48.3 Å². The molecule has 4 saturated heterocycles. The molecule has 4 aliphatic heterocycles. The first kappa shape index (κ1) is 48.1. The first-order valence-corrected chi connectivity index (χ1v) is 15.6. The maximum absolute atomic E-state index is 9.28. The molecule has 23 nitrogen and oxygen atoms in total. The molecule has 51 heavy (non-hydrogen) atoms. The molecule has 0 bridgehead atoms. The van der Waals surface area contributed by atoms with Crippen LogP contribution in [0.4, 0.5) is 0 Å². The predicted octanol–water partition coefficient (Wildman–Crippen LogP) is -9.24. The van der Waals surface area contributed by atoms with E-state index in [0.717, 1.165) is 0 Å². The molecule has 0 aromatic carbocycles. The second kappa shape index (κ2) is 23.1. The molecular weight excluding hydrogens is 704 g/mol. The highest BCUT2D eigenvalue weighted by Crippen LogP contribution is 2.24. The molecule has 0 amide bonds. The number of ether oxygens (including phenoxy) is 8. The fourth-order valence-electron chi connectivity index (χ4n) is 4.99. The van der Waals surface area contributed by atoms with E-state index in [1.54, 1.807) is 6.92 Å². The van der Waals surface area contributed by atoms with Crippen LogP contribution in [0.3, 0.4) is 0 Å². The third-order valence-corrected chi connectivity index (χ3v) is 8.28. The Kier molecular flexibility index (Phi) is 21.8. The summed E-state index contributed by atoms with van der Waals surface area (Å²) in [6.07, 6.45) is -22.6. The molecule has 306 valence electrons. The number of rotatable bonds is 7. The van der Waals surface area contributed by atoms with Gasteiger partial charge in [-0.3, -0.25) is 0 Å². The van der Waals surface area contributed by atoms with Gasteiger partial charge in [-0.1, -0.05) is 0 Å². The SMILES string of the molecule is COC1OC(C)[C@H](O)[C@H](O)C1O.COC1OC(CO)[C@@H](O)[C@H](O)C1O.COC1OC(CO)[C@@H](O)[C@H](O)C1O.COC1OC(CO)[C@H](O)[C@H](O)C1O. The molecule has 0 aromatic heterocycles. The smallest absolute Gasteiger partial charge is 0.186 e. The molecular formula is C28H56O23. The summed E-state index contributed by atoms with van der Waals surface area (Å²) in [5, 5.41) is 137. The topological polar surface area (TPSA) is 377 Å². The normalized spacial score (nSPS) is 47.1. The van der Waals surface area contributed by atoms with Crippen LogP contribution in [0.5, 0.6) is 0 Å². The first-order chi connectivity index (χ1) is 23.9. The Morgan fingerprint density at radius 3 is 0.765 bits per heavy atom. The Morgan fingerprint density at radius 1 is 0.333 bits per heavy atom. The molecule has 0 aliphatic carbocycles. The average molecular weight is 761 g/mol. The zero-order valence-corrected chi connectivity index (χ0v) is 28.6. The van der Waals surface area contributed by atoms with Crippen LogP contribution in [0.25, 0.3) is 0 Å². The maximum atomic E-state index is 9.28. The van der Waals surface area contributed by atoms with Crippen molar-refractivity contribution >= 4 is 0 Å². The zero-order chi connectivity index (χ0) is 39.3. The number of hydrogen-bond donors (Lipinski definition) is 15. The van der Waals surface area contributed by atoms with Crippen LogP contribution in [0.15, 0.2) is 0 Å². The van der Waals surface area contributed by atoms with Crippen molar-refractivity contribution in [3.05, 3.63) is 0 Å². The summed E-state index contributed by atoms with van der Waals surface area (Å²) >= 11 is 0. The minimum atomic E-state index is -1.36. The molecule has 4 aliphatic rings. The maximum Gasteiger partial charge on any atom is 0.186 e. The Balaban J connectivity index is 0.000000340. The van der Waals surface area contributed by atoms with E-state index >= 15 is 0 Å². The largest absolute Gasteiger partial charge is 0.394 e. The monoisotopic (exact) mass is 760 g/mol. The van der Waals surface area contributed by atoms with E-state index in [0.29, 0.717) is 0 Å². The van der Waals surface area contributed by atoms with Crippen LogP contribution >= 0.6 is 0 Å². The molecule has 15 N–H and O–H groups in total. The molecule has 12 unspecified atom stereocenters. The molecule has 4 fully saturated rings. The lowest BCUT2D eigenvalue weighted by atomic mass is 9.99. The van der Waals surface area contributed by atoms with E-state index < -0.39 is 143 Å². The Bertz CT molecular complexity index is 774. The van der Waals surface area contributed by atoms with Gasteiger partial charge in [0.25, 0.3) is 0 Å². The summed E-state index contributed by atoms with van der Waals surface area (Å²) < 4.78 is 38.7. The lowest BCUT2D eigenvalue weighted by Crippen LogP contribution is -2.58. The van der Waals surface area contributed by atoms with Gasteiger partial charge in [0, 0.05) is 28.4 Å². The van der Waals surface area contributed by atoms with Crippen molar-refractivity contribution in [3.8, 4) is 0 Å². The molecule has 20 atom stereocenters. The second-order valence-corrected chi connectivity index (χ2v) is 11.7. The van der Waals surface area contributed by atoms with E-state index in [4.69, 9.17) is 53.2 Å². The summed E-state index contributed by atoms with van der Waals surface area (Å²) in [6.45, 7) is 0.284. The van der Waals surface area contributed by atoms with Gasteiger partial charge in [-0.25, -0.2) is 0 Å². The highest BCUT2D eigenvalue weighted by Gasteiger charge is 2.46. The number of hydrogen-bond acceptors (Lipinski definition) is 23. The molecule has 0 spiro atoms. The van der Waals surface area contributed by atoms with Gasteiger partial charge in [0.05, 0.1) is 25.9 Å². The minimum Gasteiger partial charge on any atom is -0.394 e. The summed E-state index contributed by atoms with van der Waals surface area (Å²) in [7, 11) is 5.26. The molecule has 0 aromatic rings. The number of aliphatic hydroxyl groups excluding tert-OH is 15. The lowest BCUT2D eigenvalue weighted by Gasteiger charge is -2.38. The molecule has 23 heteroatoms. The fourth-order valence-corrected chi connectivity index (χ4v) is 4.99. The molecule has 0 radical (unpaired) electrons. The zero-order valence-electron chi connectivity index (χ0n) is 28.6. The van der Waals surface area contributed by atoms with E-state index in [2.05, 4.69) is 0 Å². The van der Waals surface area contributed by atoms with Crippen molar-refractivity contribution in [2.45, 2.75) is 130 Å². The van der Waals surface area contributed by atoms with Crippen LogP contribution < -0.4 is 0 Å². The van der Waals surface area contributed by atoms with Gasteiger partial charge >= 0.3 is 0 Å². The number of methoxy groups -OCH3 is 4. The van der Waals surface area contributed by atoms with Gasteiger partial charge in [0.2, 0.25) is 0 Å². The quantitative estimate of drug-likeness (QED) is 0.114. The van der Waals surface area contributed by atoms with Crippen LogP contribution in [-0.4, -0.2) is 248 Å². The van der Waals surface area contributed by atoms with Crippen molar-refractivity contribution in [1.29, 1.82) is 0 Å². The minimum absolute atomic E-state index is 0.440. The molecule has 0 saturated carbocycles. The first-order valence-electron chi connectivity index (χ1n) is 15.6. The van der Waals surface area contributed by atoms with Gasteiger partial charge in [0.1, 0.15) is 91.6 Å². The summed E-state index contributed by atoms with van der Waals surface area (Å²) in [5.74, 6) is 0. The van der Waals surface area contributed by atoms with Crippen molar-refractivity contribution in [3.63, 3.8) is 0 Å². The Morgan fingerprint density at radius 2 is 0.549 bits per heavy atom. The average Bonchev–Trinajstić information content (AvgIpc) is 3.14. The summed E-state index contributed by atoms with van der Waals surface area (Å²) in [5.41, 5.74) is 0. The van der Waals surface area contributed by atoms with E-state index in [1.165, 1.54) is 28.4 Å². The summed E-state index contributed by atoms with van der Waals surface area (Å²) in [6, 6.07) is 0. The van der Waals surface area contributed by atoms with E-state index in [1.807, 2.05) is 0 Å². The number of aliphatic hydroxyl groups is 15. The van der Waals surface area contributed by atoms with E-state index in [-0.39, 0.29) is 0 Å². The highest BCUT2D eigenvalue weighted by atomic mass is 16.7. The van der Waals surface area contributed by atoms with Crippen molar-refractivity contribution in [2.24, 2.45) is 0 Å². The third kappa shape index (κ3) is 12.6. The van der Waals surface area contributed by atoms with Gasteiger partial charge < -0.3 is 114 Å². The Labute approximate surface area is 292 Å². The standard InChI is InChI=1S/3C7H14O6.C7H14O5/c3*1-12-7-6(11)5(10)4(9)3(2-8)13-7;1-3-4(8)5(9)6(10)7(11-2)12-3/h3*3-11H,2H2,1H3;3-10H,1-2H3/t2*3?,4-,5+,6?,7?;2*3?,4-,5-,6?,7?/m1100/s1. The summed E-state index contributed by atoms with van der Waals surface area (Å²) in [4.78, 5) is 0. The van der Waals surface area contributed by atoms with Crippen LogP contribution in [0, 0.1) is 0 Å². The van der Waals surface area contributed by atoms with Crippen LogP contribution in [0.2, 0.25) is 0 Å². The third-order valence-electron chi connectivity index (χ3n) is 8.28.